The second kappa shape index (κ2) is 11.6. The highest BCUT2D eigenvalue weighted by molar-refractivity contribution is 5.94. The van der Waals surface area contributed by atoms with Gasteiger partial charge in [0, 0.05) is 18.2 Å². The van der Waals surface area contributed by atoms with Crippen molar-refractivity contribution in [3.63, 3.8) is 0 Å². The Morgan fingerprint density at radius 1 is 1.00 bits per heavy atom. The number of nitrogens with one attached hydrogen (secondary N) is 1. The average Bonchev–Trinajstić information content (AvgIpc) is 2.94. The zero-order valence-electron chi connectivity index (χ0n) is 21.1. The summed E-state index contributed by atoms with van der Waals surface area (Å²) in [5.74, 6) is 1.85. The van der Waals surface area contributed by atoms with E-state index in [-0.39, 0.29) is 11.9 Å². The zero-order chi connectivity index (χ0) is 24.7. The maximum atomic E-state index is 13.5. The Morgan fingerprint density at radius 3 is 2.56 bits per heavy atom. The monoisotopic (exact) mass is 484 g/mol. The fraction of sp³-hybridized carbons (Fsp3) is 0.387. The standard InChI is InChI=1S/C31H36N2O3/c1-35-28-14-15-29-25(22-28)16-19-33(31(34)24-7-3-2-4-8-24)30(29)21-23-10-12-27(13-11-23)36-20-17-26-9-5-6-18-32-26/h2-4,7-8,10-15,22,26,30,32H,5-6,9,16-21H2,1H3. The van der Waals surface area contributed by atoms with Crippen molar-refractivity contribution in [1.29, 1.82) is 0 Å². The van der Waals surface area contributed by atoms with Gasteiger partial charge in [-0.3, -0.25) is 4.79 Å². The Labute approximate surface area is 214 Å². The molecule has 2 aliphatic rings. The minimum absolute atomic E-state index is 0.0310. The third-order valence-corrected chi connectivity index (χ3v) is 7.49. The van der Waals surface area contributed by atoms with Gasteiger partial charge >= 0.3 is 0 Å². The molecule has 1 saturated heterocycles. The highest BCUT2D eigenvalue weighted by atomic mass is 16.5. The number of nitrogens with zero attached hydrogens (tertiary/aromatic N) is 1. The van der Waals surface area contributed by atoms with Crippen molar-refractivity contribution >= 4 is 5.91 Å². The lowest BCUT2D eigenvalue weighted by Crippen LogP contribution is -2.41. The first-order valence-corrected chi connectivity index (χ1v) is 13.2. The van der Waals surface area contributed by atoms with Crippen molar-refractivity contribution in [2.24, 2.45) is 0 Å². The van der Waals surface area contributed by atoms with Crippen molar-refractivity contribution in [2.45, 2.75) is 50.6 Å². The van der Waals surface area contributed by atoms with Crippen LogP contribution in [0.2, 0.25) is 0 Å². The number of piperidine rings is 1. The van der Waals surface area contributed by atoms with Gasteiger partial charge in [-0.1, -0.05) is 42.8 Å². The molecule has 5 nitrogen and oxygen atoms in total. The summed E-state index contributed by atoms with van der Waals surface area (Å²) in [6.45, 7) is 2.55. The van der Waals surface area contributed by atoms with Crippen molar-refractivity contribution in [3.05, 3.63) is 95.1 Å². The van der Waals surface area contributed by atoms with Crippen LogP contribution in [0.25, 0.3) is 0 Å². The first kappa shape index (κ1) is 24.4. The van der Waals surface area contributed by atoms with E-state index >= 15 is 0 Å². The molecule has 3 aromatic carbocycles. The molecule has 36 heavy (non-hydrogen) atoms. The van der Waals surface area contributed by atoms with Gasteiger partial charge in [-0.15, -0.1) is 0 Å². The number of hydrogen-bond donors (Lipinski definition) is 1. The minimum Gasteiger partial charge on any atom is -0.497 e. The molecule has 2 atom stereocenters. The summed E-state index contributed by atoms with van der Waals surface area (Å²) >= 11 is 0. The maximum absolute atomic E-state index is 13.5. The highest BCUT2D eigenvalue weighted by Gasteiger charge is 2.31. The Balaban J connectivity index is 1.31. The van der Waals surface area contributed by atoms with E-state index in [1.54, 1.807) is 7.11 Å². The fourth-order valence-corrected chi connectivity index (χ4v) is 5.46. The molecule has 3 aromatic rings. The summed E-state index contributed by atoms with van der Waals surface area (Å²) in [4.78, 5) is 15.5. The van der Waals surface area contributed by atoms with Crippen LogP contribution in [0, 0.1) is 0 Å². The van der Waals surface area contributed by atoms with Crippen LogP contribution in [0.3, 0.4) is 0 Å². The molecule has 5 heteroatoms. The van der Waals surface area contributed by atoms with E-state index in [1.807, 2.05) is 41.3 Å². The number of fused-ring (bicyclic) bond motifs is 1. The lowest BCUT2D eigenvalue weighted by Gasteiger charge is -2.38. The smallest absolute Gasteiger partial charge is 0.254 e. The summed E-state index contributed by atoms with van der Waals surface area (Å²) in [7, 11) is 1.70. The van der Waals surface area contributed by atoms with E-state index in [1.165, 1.54) is 36.0 Å². The number of hydrogen-bond acceptors (Lipinski definition) is 4. The van der Waals surface area contributed by atoms with Crippen LogP contribution < -0.4 is 14.8 Å². The molecule has 0 aliphatic carbocycles. The lowest BCUT2D eigenvalue weighted by molar-refractivity contribution is 0.0660. The number of benzene rings is 3. The molecule has 1 fully saturated rings. The van der Waals surface area contributed by atoms with Crippen LogP contribution >= 0.6 is 0 Å². The van der Waals surface area contributed by atoms with Crippen LogP contribution in [0.15, 0.2) is 72.8 Å². The molecular weight excluding hydrogens is 448 g/mol. The van der Waals surface area contributed by atoms with Gasteiger partial charge in [0.25, 0.3) is 5.91 Å². The summed E-state index contributed by atoms with van der Waals surface area (Å²) in [6, 6.07) is 24.8. The Kier molecular flexibility index (Phi) is 7.87. The van der Waals surface area contributed by atoms with Crippen molar-refractivity contribution < 1.29 is 14.3 Å². The summed E-state index contributed by atoms with van der Waals surface area (Å²) in [6.07, 6.45) is 6.46. The summed E-state index contributed by atoms with van der Waals surface area (Å²) < 4.78 is 11.5. The van der Waals surface area contributed by atoms with E-state index < -0.39 is 0 Å². The van der Waals surface area contributed by atoms with Crippen LogP contribution in [0.4, 0.5) is 0 Å². The maximum Gasteiger partial charge on any atom is 0.254 e. The first-order chi connectivity index (χ1) is 17.7. The second-order valence-corrected chi connectivity index (χ2v) is 9.83. The Morgan fingerprint density at radius 2 is 1.81 bits per heavy atom. The largest absolute Gasteiger partial charge is 0.497 e. The van der Waals surface area contributed by atoms with Crippen molar-refractivity contribution in [1.82, 2.24) is 10.2 Å². The van der Waals surface area contributed by atoms with Crippen LogP contribution in [0.1, 0.15) is 58.8 Å². The molecule has 2 heterocycles. The normalized spacial score (nSPS) is 19.4. The summed E-state index contributed by atoms with van der Waals surface area (Å²) in [5, 5.41) is 3.58. The molecule has 0 aromatic heterocycles. The lowest BCUT2D eigenvalue weighted by atomic mass is 9.88. The van der Waals surface area contributed by atoms with E-state index in [9.17, 15) is 4.79 Å². The van der Waals surface area contributed by atoms with Crippen LogP contribution in [-0.4, -0.2) is 43.7 Å². The molecule has 2 unspecified atom stereocenters. The molecular formula is C31H36N2O3. The molecule has 5 rings (SSSR count). The van der Waals surface area contributed by atoms with Crippen LogP contribution in [0.5, 0.6) is 11.5 Å². The number of rotatable bonds is 8. The van der Waals surface area contributed by atoms with Crippen LogP contribution in [-0.2, 0) is 12.8 Å². The number of methoxy groups -OCH3 is 1. The predicted molar refractivity (Wildman–Crippen MR) is 143 cm³/mol. The zero-order valence-corrected chi connectivity index (χ0v) is 21.1. The van der Waals surface area contributed by atoms with Gasteiger partial charge in [-0.05, 0) is 91.7 Å². The molecule has 0 saturated carbocycles. The quantitative estimate of drug-likeness (QED) is 0.453. The van der Waals surface area contributed by atoms with E-state index in [2.05, 4.69) is 41.7 Å². The third kappa shape index (κ3) is 5.73. The van der Waals surface area contributed by atoms with Crippen molar-refractivity contribution in [3.8, 4) is 11.5 Å². The molecule has 2 aliphatic heterocycles. The molecule has 0 radical (unpaired) electrons. The number of ether oxygens (including phenoxy) is 2. The third-order valence-electron chi connectivity index (χ3n) is 7.49. The average molecular weight is 485 g/mol. The number of carbonyl (C=O) groups excluding carboxylic acids is 1. The van der Waals surface area contributed by atoms with E-state index in [4.69, 9.17) is 9.47 Å². The van der Waals surface area contributed by atoms with Gasteiger partial charge in [0.05, 0.1) is 19.8 Å². The fourth-order valence-electron chi connectivity index (χ4n) is 5.46. The Hall–Kier alpha value is -3.31. The van der Waals surface area contributed by atoms with Gasteiger partial charge < -0.3 is 19.7 Å². The SMILES string of the molecule is COc1ccc2c(c1)CCN(C(=O)c1ccccc1)C2Cc1ccc(OCCC2CCCCN2)cc1. The van der Waals surface area contributed by atoms with E-state index in [0.717, 1.165) is 49.5 Å². The predicted octanol–water partition coefficient (Wildman–Crippen LogP) is 5.59. The first-order valence-electron chi connectivity index (χ1n) is 13.2. The molecule has 1 amide bonds. The number of carbonyl (C=O) groups is 1. The van der Waals surface area contributed by atoms with Gasteiger partial charge in [-0.25, -0.2) is 0 Å². The Bertz CT molecular complexity index is 1140. The minimum atomic E-state index is -0.0310. The van der Waals surface area contributed by atoms with Crippen molar-refractivity contribution in [2.75, 3.05) is 26.8 Å². The summed E-state index contributed by atoms with van der Waals surface area (Å²) in [5.41, 5.74) is 4.38. The van der Waals surface area contributed by atoms with Gasteiger partial charge in [-0.2, -0.15) is 0 Å². The van der Waals surface area contributed by atoms with Gasteiger partial charge in [0.2, 0.25) is 0 Å². The highest BCUT2D eigenvalue weighted by Crippen LogP contribution is 2.35. The van der Waals surface area contributed by atoms with Gasteiger partial charge in [0.1, 0.15) is 11.5 Å². The molecule has 1 N–H and O–H groups in total. The van der Waals surface area contributed by atoms with Gasteiger partial charge in [0.15, 0.2) is 0 Å². The topological polar surface area (TPSA) is 50.8 Å². The molecule has 188 valence electrons. The van der Waals surface area contributed by atoms with E-state index in [0.29, 0.717) is 12.6 Å². The molecule has 0 bridgehead atoms. The molecule has 0 spiro atoms. The second-order valence-electron chi connectivity index (χ2n) is 9.83. The number of amides is 1.